The van der Waals surface area contributed by atoms with Crippen LogP contribution in [0.25, 0.3) is 0 Å². The van der Waals surface area contributed by atoms with Crippen molar-refractivity contribution >= 4 is 43.3 Å². The number of carboxylic acid groups (broad SMARTS) is 1. The van der Waals surface area contributed by atoms with E-state index < -0.39 is 30.9 Å². The van der Waals surface area contributed by atoms with E-state index in [-0.39, 0.29) is 26.9 Å². The normalized spacial score (nSPS) is 15.4. The lowest BCUT2D eigenvalue weighted by atomic mass is 10.2. The van der Waals surface area contributed by atoms with E-state index in [9.17, 15) is 21.6 Å². The molecule has 0 unspecified atom stereocenters. The maximum atomic E-state index is 13.0. The Bertz CT molecular complexity index is 1210. The molecule has 1 heterocycles. The SMILES string of the molecule is COc1ccc(C(=O)O)cc1S(=O)(=O)Nc1ccc(Cl)c(S(=O)(=O)N2CCCCC2)c1. The molecule has 168 valence electrons. The van der Waals surface area contributed by atoms with Crippen LogP contribution in [0.5, 0.6) is 5.75 Å². The first kappa shape index (κ1) is 23.3. The molecule has 1 fully saturated rings. The van der Waals surface area contributed by atoms with Crippen molar-refractivity contribution in [3.8, 4) is 5.75 Å². The molecule has 1 aliphatic heterocycles. The van der Waals surface area contributed by atoms with Gasteiger partial charge >= 0.3 is 5.97 Å². The quantitative estimate of drug-likeness (QED) is 0.612. The number of nitrogens with zero attached hydrogens (tertiary/aromatic N) is 1. The number of carbonyl (C=O) groups is 1. The highest BCUT2D eigenvalue weighted by molar-refractivity contribution is 7.92. The van der Waals surface area contributed by atoms with Gasteiger partial charge < -0.3 is 9.84 Å². The molecule has 1 aliphatic rings. The first-order valence-electron chi connectivity index (χ1n) is 9.30. The minimum atomic E-state index is -4.30. The van der Waals surface area contributed by atoms with Gasteiger partial charge in [0.2, 0.25) is 10.0 Å². The van der Waals surface area contributed by atoms with Crippen LogP contribution in [-0.2, 0) is 20.0 Å². The van der Waals surface area contributed by atoms with Crippen molar-refractivity contribution in [2.75, 3.05) is 24.9 Å². The molecule has 0 saturated carbocycles. The highest BCUT2D eigenvalue weighted by atomic mass is 35.5. The molecule has 2 aromatic carbocycles. The number of ether oxygens (including phenoxy) is 1. The Morgan fingerprint density at radius 3 is 2.32 bits per heavy atom. The van der Waals surface area contributed by atoms with E-state index in [4.69, 9.17) is 21.4 Å². The van der Waals surface area contributed by atoms with Crippen molar-refractivity contribution in [1.82, 2.24) is 4.31 Å². The number of halogens is 1. The number of methoxy groups -OCH3 is 1. The van der Waals surface area contributed by atoms with Crippen molar-refractivity contribution in [3.63, 3.8) is 0 Å². The van der Waals surface area contributed by atoms with E-state index in [1.807, 2.05) is 0 Å². The summed E-state index contributed by atoms with van der Waals surface area (Å²) in [5.41, 5.74) is -0.284. The Labute approximate surface area is 185 Å². The van der Waals surface area contributed by atoms with Crippen molar-refractivity contribution in [2.45, 2.75) is 29.1 Å². The van der Waals surface area contributed by atoms with Crippen LogP contribution in [0, 0.1) is 0 Å². The summed E-state index contributed by atoms with van der Waals surface area (Å²) in [4.78, 5) is 10.6. The molecule has 2 aromatic rings. The van der Waals surface area contributed by atoms with Crippen LogP contribution < -0.4 is 9.46 Å². The number of benzene rings is 2. The van der Waals surface area contributed by atoms with Crippen LogP contribution >= 0.6 is 11.6 Å². The van der Waals surface area contributed by atoms with Crippen LogP contribution in [0.4, 0.5) is 5.69 Å². The summed E-state index contributed by atoms with van der Waals surface area (Å²) in [6, 6.07) is 7.17. The molecule has 2 N–H and O–H groups in total. The number of rotatable bonds is 7. The predicted molar refractivity (Wildman–Crippen MR) is 115 cm³/mol. The molecule has 12 heteroatoms. The van der Waals surface area contributed by atoms with Gasteiger partial charge in [-0.05, 0) is 49.2 Å². The molecule has 9 nitrogen and oxygen atoms in total. The van der Waals surface area contributed by atoms with Crippen LogP contribution in [0.3, 0.4) is 0 Å². The van der Waals surface area contributed by atoms with Crippen molar-refractivity contribution in [3.05, 3.63) is 47.0 Å². The molecule has 0 atom stereocenters. The van der Waals surface area contributed by atoms with Crippen molar-refractivity contribution in [2.24, 2.45) is 0 Å². The Balaban J connectivity index is 1.99. The first-order chi connectivity index (χ1) is 14.6. The van der Waals surface area contributed by atoms with Crippen molar-refractivity contribution in [1.29, 1.82) is 0 Å². The summed E-state index contributed by atoms with van der Waals surface area (Å²) < 4.78 is 60.5. The molecule has 0 radical (unpaired) electrons. The zero-order chi connectivity index (χ0) is 22.8. The molecular weight excluding hydrogens is 468 g/mol. The number of anilines is 1. The van der Waals surface area contributed by atoms with Crippen LogP contribution in [0.1, 0.15) is 29.6 Å². The molecule has 31 heavy (non-hydrogen) atoms. The fourth-order valence-electron chi connectivity index (χ4n) is 3.24. The highest BCUT2D eigenvalue weighted by Gasteiger charge is 2.29. The van der Waals surface area contributed by atoms with Gasteiger partial charge in [0.05, 0.1) is 23.4 Å². The zero-order valence-corrected chi connectivity index (χ0v) is 18.9. The first-order valence-corrected chi connectivity index (χ1v) is 12.6. The van der Waals surface area contributed by atoms with E-state index in [0.29, 0.717) is 13.1 Å². The molecule has 3 rings (SSSR count). The number of hydrogen-bond acceptors (Lipinski definition) is 6. The maximum absolute atomic E-state index is 13.0. The number of aromatic carboxylic acids is 1. The molecule has 0 spiro atoms. The lowest BCUT2D eigenvalue weighted by Gasteiger charge is -2.26. The van der Waals surface area contributed by atoms with Gasteiger partial charge in [-0.2, -0.15) is 4.31 Å². The lowest BCUT2D eigenvalue weighted by molar-refractivity contribution is 0.0696. The molecule has 0 aromatic heterocycles. The Kier molecular flexibility index (Phi) is 6.79. The summed E-state index contributed by atoms with van der Waals surface area (Å²) in [6.45, 7) is 0.738. The van der Waals surface area contributed by atoms with Gasteiger partial charge in [0.15, 0.2) is 0 Å². The summed E-state index contributed by atoms with van der Waals surface area (Å²) in [5, 5.41) is 9.14. The molecule has 0 amide bonds. The smallest absolute Gasteiger partial charge is 0.335 e. The molecule has 1 saturated heterocycles. The van der Waals surface area contributed by atoms with E-state index in [1.165, 1.54) is 35.7 Å². The van der Waals surface area contributed by atoms with Crippen LogP contribution in [0.15, 0.2) is 46.2 Å². The average Bonchev–Trinajstić information content (AvgIpc) is 2.74. The van der Waals surface area contributed by atoms with Gasteiger partial charge in [0.25, 0.3) is 10.0 Å². The average molecular weight is 489 g/mol. The zero-order valence-electron chi connectivity index (χ0n) is 16.5. The number of nitrogens with one attached hydrogen (secondary N) is 1. The number of piperidine rings is 1. The topological polar surface area (TPSA) is 130 Å². The van der Waals surface area contributed by atoms with E-state index in [1.54, 1.807) is 0 Å². The monoisotopic (exact) mass is 488 g/mol. The minimum Gasteiger partial charge on any atom is -0.495 e. The van der Waals surface area contributed by atoms with Crippen molar-refractivity contribution < 1.29 is 31.5 Å². The number of carboxylic acids is 1. The van der Waals surface area contributed by atoms with E-state index in [2.05, 4.69) is 4.72 Å². The second-order valence-corrected chi connectivity index (χ2v) is 10.9. The summed E-state index contributed by atoms with van der Waals surface area (Å²) >= 11 is 6.12. The maximum Gasteiger partial charge on any atom is 0.335 e. The van der Waals surface area contributed by atoms with Gasteiger partial charge in [-0.3, -0.25) is 4.72 Å². The summed E-state index contributed by atoms with van der Waals surface area (Å²) in [5.74, 6) is -1.37. The lowest BCUT2D eigenvalue weighted by Crippen LogP contribution is -2.35. The minimum absolute atomic E-state index is 0.0287. The highest BCUT2D eigenvalue weighted by Crippen LogP contribution is 2.32. The second kappa shape index (κ2) is 9.03. The third kappa shape index (κ3) is 4.95. The van der Waals surface area contributed by atoms with Crippen LogP contribution in [0.2, 0.25) is 5.02 Å². The molecule has 0 aliphatic carbocycles. The fourth-order valence-corrected chi connectivity index (χ4v) is 6.50. The Morgan fingerprint density at radius 1 is 1.03 bits per heavy atom. The third-order valence-electron chi connectivity index (χ3n) is 4.82. The van der Waals surface area contributed by atoms with Gasteiger partial charge in [-0.15, -0.1) is 0 Å². The third-order valence-corrected chi connectivity index (χ3v) is 8.60. The van der Waals surface area contributed by atoms with Gasteiger partial charge in [0, 0.05) is 13.1 Å². The number of hydrogen-bond donors (Lipinski definition) is 2. The fraction of sp³-hybridized carbons (Fsp3) is 0.316. The largest absolute Gasteiger partial charge is 0.495 e. The second-order valence-electron chi connectivity index (χ2n) is 6.89. The molecular formula is C19H21ClN2O7S2. The molecule has 0 bridgehead atoms. The van der Waals surface area contributed by atoms with E-state index in [0.717, 1.165) is 31.4 Å². The standard InChI is InChI=1S/C19H21ClN2O7S2/c1-29-16-8-5-13(19(23)24)11-18(16)30(25,26)21-14-6-7-15(20)17(12-14)31(27,28)22-9-3-2-4-10-22/h5-8,11-12,21H,2-4,9-10H2,1H3,(H,23,24). The van der Waals surface area contributed by atoms with Gasteiger partial charge in [-0.1, -0.05) is 18.0 Å². The van der Waals surface area contributed by atoms with Gasteiger partial charge in [-0.25, -0.2) is 21.6 Å². The predicted octanol–water partition coefficient (Wildman–Crippen LogP) is 3.02. The Hall–Kier alpha value is -2.34. The number of sulfonamides is 2. The van der Waals surface area contributed by atoms with Crippen LogP contribution in [-0.4, -0.2) is 52.4 Å². The Morgan fingerprint density at radius 2 is 1.71 bits per heavy atom. The van der Waals surface area contributed by atoms with Gasteiger partial charge in [0.1, 0.15) is 15.5 Å². The summed E-state index contributed by atoms with van der Waals surface area (Å²) in [6.07, 6.45) is 2.42. The van der Waals surface area contributed by atoms with E-state index >= 15 is 0 Å². The summed E-state index contributed by atoms with van der Waals surface area (Å²) in [7, 11) is -6.95.